The summed E-state index contributed by atoms with van der Waals surface area (Å²) in [6.45, 7) is 5.14. The van der Waals surface area contributed by atoms with Crippen molar-refractivity contribution >= 4 is 39.1 Å². The zero-order chi connectivity index (χ0) is 14.2. The third-order valence-corrected chi connectivity index (χ3v) is 6.38. The van der Waals surface area contributed by atoms with Crippen LogP contribution in [0.5, 0.6) is 0 Å². The van der Waals surface area contributed by atoms with Gasteiger partial charge in [0, 0.05) is 23.6 Å². The van der Waals surface area contributed by atoms with Crippen LogP contribution >= 0.6 is 23.4 Å². The number of anilines is 1. The average Bonchev–Trinajstić information content (AvgIpc) is 2.31. The molecule has 0 radical (unpaired) electrons. The van der Waals surface area contributed by atoms with Crippen molar-refractivity contribution in [1.82, 2.24) is 4.31 Å². The molecule has 1 fully saturated rings. The highest BCUT2D eigenvalue weighted by Crippen LogP contribution is 2.30. The van der Waals surface area contributed by atoms with E-state index in [4.69, 9.17) is 17.3 Å². The average molecular weight is 321 g/mol. The van der Waals surface area contributed by atoms with Crippen molar-refractivity contribution in [2.45, 2.75) is 29.2 Å². The number of hydrogen-bond acceptors (Lipinski definition) is 4. The smallest absolute Gasteiger partial charge is 0.243 e. The molecule has 0 saturated carbocycles. The topological polar surface area (TPSA) is 63.4 Å². The van der Waals surface area contributed by atoms with Crippen LogP contribution in [-0.4, -0.2) is 36.3 Å². The van der Waals surface area contributed by atoms with E-state index in [1.807, 2.05) is 25.6 Å². The van der Waals surface area contributed by atoms with E-state index in [0.717, 1.165) is 0 Å². The van der Waals surface area contributed by atoms with E-state index < -0.39 is 10.0 Å². The first kappa shape index (κ1) is 15.0. The fourth-order valence-electron chi connectivity index (χ4n) is 2.14. The van der Waals surface area contributed by atoms with Gasteiger partial charge in [-0.3, -0.25) is 0 Å². The third-order valence-electron chi connectivity index (χ3n) is 3.00. The highest BCUT2D eigenvalue weighted by atomic mass is 35.5. The van der Waals surface area contributed by atoms with Gasteiger partial charge in [-0.2, -0.15) is 16.1 Å². The van der Waals surface area contributed by atoms with Crippen molar-refractivity contribution in [3.8, 4) is 0 Å². The zero-order valence-corrected chi connectivity index (χ0v) is 13.2. The molecule has 4 nitrogen and oxygen atoms in total. The monoisotopic (exact) mass is 320 g/mol. The molecule has 2 atom stereocenters. The molecule has 0 amide bonds. The van der Waals surface area contributed by atoms with Crippen LogP contribution in [-0.2, 0) is 10.0 Å². The molecule has 1 saturated heterocycles. The Hall–Kier alpha value is -0.430. The Morgan fingerprint density at radius 3 is 2.42 bits per heavy atom. The highest BCUT2D eigenvalue weighted by molar-refractivity contribution is 8.00. The number of benzene rings is 1. The largest absolute Gasteiger partial charge is 0.398 e. The Labute approximate surface area is 123 Å². The summed E-state index contributed by atoms with van der Waals surface area (Å²) in [6, 6.07) is 4.46. The van der Waals surface area contributed by atoms with Crippen LogP contribution in [0.15, 0.2) is 23.1 Å². The molecule has 1 aliphatic heterocycles. The summed E-state index contributed by atoms with van der Waals surface area (Å²) in [6.07, 6.45) is 0. The lowest BCUT2D eigenvalue weighted by Gasteiger charge is -2.33. The number of nitrogen functional groups attached to an aromatic ring is 1. The number of nitrogens with zero attached hydrogens (tertiary/aromatic N) is 1. The lowest BCUT2D eigenvalue weighted by Crippen LogP contribution is -2.43. The number of hydrogen-bond donors (Lipinski definition) is 1. The van der Waals surface area contributed by atoms with Gasteiger partial charge in [-0.25, -0.2) is 8.42 Å². The van der Waals surface area contributed by atoms with Gasteiger partial charge in [0.1, 0.15) is 0 Å². The van der Waals surface area contributed by atoms with Gasteiger partial charge in [-0.15, -0.1) is 0 Å². The van der Waals surface area contributed by atoms with Gasteiger partial charge in [0.25, 0.3) is 0 Å². The highest BCUT2D eigenvalue weighted by Gasteiger charge is 2.32. The summed E-state index contributed by atoms with van der Waals surface area (Å²) in [7, 11) is -3.49. The van der Waals surface area contributed by atoms with E-state index in [9.17, 15) is 8.42 Å². The maximum Gasteiger partial charge on any atom is 0.243 e. The molecule has 2 unspecified atom stereocenters. The molecule has 106 valence electrons. The normalized spacial score (nSPS) is 25.4. The first-order valence-electron chi connectivity index (χ1n) is 6.01. The summed E-state index contributed by atoms with van der Waals surface area (Å²) < 4.78 is 26.6. The van der Waals surface area contributed by atoms with E-state index >= 15 is 0 Å². The fourth-order valence-corrected chi connectivity index (χ4v) is 5.55. The molecule has 2 N–H and O–H groups in total. The van der Waals surface area contributed by atoms with Gasteiger partial charge in [-0.05, 0) is 18.2 Å². The Morgan fingerprint density at radius 1 is 1.32 bits per heavy atom. The van der Waals surface area contributed by atoms with E-state index in [1.165, 1.54) is 22.5 Å². The minimum Gasteiger partial charge on any atom is -0.398 e. The first-order chi connectivity index (χ1) is 8.80. The molecule has 0 spiro atoms. The number of thioether (sulfide) groups is 1. The van der Waals surface area contributed by atoms with Gasteiger partial charge in [-0.1, -0.05) is 25.4 Å². The number of nitrogens with two attached hydrogens (primary N) is 1. The molecule has 2 rings (SSSR count). The molecule has 1 aliphatic rings. The molecule has 0 aromatic heterocycles. The predicted octanol–water partition coefficient (Wildman–Crippen LogP) is 2.44. The number of halogens is 1. The molecular weight excluding hydrogens is 304 g/mol. The van der Waals surface area contributed by atoms with Gasteiger partial charge in [0.2, 0.25) is 10.0 Å². The van der Waals surface area contributed by atoms with E-state index in [-0.39, 0.29) is 9.92 Å². The van der Waals surface area contributed by atoms with Gasteiger partial charge >= 0.3 is 0 Å². The lowest BCUT2D eigenvalue weighted by molar-refractivity contribution is 0.405. The van der Waals surface area contributed by atoms with E-state index in [0.29, 0.717) is 29.3 Å². The summed E-state index contributed by atoms with van der Waals surface area (Å²) >= 11 is 7.71. The standard InChI is InChI=1S/C12H17ClN2O2S2/c1-8-6-15(7-9(2)18-8)19(16,17)10-3-4-12(14)11(13)5-10/h3-5,8-9H,6-7,14H2,1-2H3. The zero-order valence-electron chi connectivity index (χ0n) is 10.8. The van der Waals surface area contributed by atoms with E-state index in [2.05, 4.69) is 0 Å². The Kier molecular flexibility index (Phi) is 4.35. The van der Waals surface area contributed by atoms with E-state index in [1.54, 1.807) is 0 Å². The van der Waals surface area contributed by atoms with Crippen molar-refractivity contribution in [1.29, 1.82) is 0 Å². The van der Waals surface area contributed by atoms with Crippen molar-refractivity contribution in [3.05, 3.63) is 23.2 Å². The van der Waals surface area contributed by atoms with Crippen LogP contribution in [0, 0.1) is 0 Å². The number of rotatable bonds is 2. The second-order valence-corrected chi connectivity index (χ2v) is 8.99. The molecule has 19 heavy (non-hydrogen) atoms. The Morgan fingerprint density at radius 2 is 1.89 bits per heavy atom. The number of sulfonamides is 1. The van der Waals surface area contributed by atoms with Crippen LogP contribution < -0.4 is 5.73 Å². The van der Waals surface area contributed by atoms with Crippen LogP contribution in [0.3, 0.4) is 0 Å². The third kappa shape index (κ3) is 3.18. The summed E-state index contributed by atoms with van der Waals surface area (Å²) in [5.41, 5.74) is 6.00. The Bertz CT molecular complexity index is 567. The van der Waals surface area contributed by atoms with Gasteiger partial charge in [0.05, 0.1) is 15.6 Å². The minimum atomic E-state index is -3.49. The molecule has 1 aromatic rings. The van der Waals surface area contributed by atoms with Crippen LogP contribution in [0.2, 0.25) is 5.02 Å². The van der Waals surface area contributed by atoms with Crippen LogP contribution in [0.25, 0.3) is 0 Å². The second kappa shape index (κ2) is 5.52. The SMILES string of the molecule is CC1CN(S(=O)(=O)c2ccc(N)c(Cl)c2)CC(C)S1. The molecule has 1 aromatic carbocycles. The van der Waals surface area contributed by atoms with Crippen molar-refractivity contribution in [2.24, 2.45) is 0 Å². The van der Waals surface area contributed by atoms with Gasteiger partial charge < -0.3 is 5.73 Å². The summed E-state index contributed by atoms with van der Waals surface area (Å²) in [5, 5.41) is 0.860. The van der Waals surface area contributed by atoms with Crippen molar-refractivity contribution in [3.63, 3.8) is 0 Å². The maximum absolute atomic E-state index is 12.6. The maximum atomic E-state index is 12.6. The van der Waals surface area contributed by atoms with Crippen LogP contribution in [0.1, 0.15) is 13.8 Å². The predicted molar refractivity (Wildman–Crippen MR) is 81.1 cm³/mol. The molecule has 0 bridgehead atoms. The summed E-state index contributed by atoms with van der Waals surface area (Å²) in [4.78, 5) is 0.206. The van der Waals surface area contributed by atoms with Crippen LogP contribution in [0.4, 0.5) is 5.69 Å². The second-order valence-electron chi connectivity index (χ2n) is 4.76. The van der Waals surface area contributed by atoms with Crippen molar-refractivity contribution in [2.75, 3.05) is 18.8 Å². The lowest BCUT2D eigenvalue weighted by atomic mass is 10.3. The molecule has 1 heterocycles. The first-order valence-corrected chi connectivity index (χ1v) is 8.77. The Balaban J connectivity index is 2.33. The van der Waals surface area contributed by atoms with Gasteiger partial charge in [0.15, 0.2) is 0 Å². The summed E-state index contributed by atoms with van der Waals surface area (Å²) in [5.74, 6) is 0. The van der Waals surface area contributed by atoms with Crippen molar-refractivity contribution < 1.29 is 8.42 Å². The minimum absolute atomic E-state index is 0.206. The molecular formula is C12H17ClN2O2S2. The quantitative estimate of drug-likeness (QED) is 0.850. The molecule has 7 heteroatoms. The molecule has 0 aliphatic carbocycles. The fraction of sp³-hybridized carbons (Fsp3) is 0.500.